The first-order valence-corrected chi connectivity index (χ1v) is 5.15. The van der Waals surface area contributed by atoms with Gasteiger partial charge in [-0.2, -0.15) is 4.98 Å². The molecule has 0 fully saturated rings. The zero-order valence-corrected chi connectivity index (χ0v) is 9.73. The van der Waals surface area contributed by atoms with Crippen LogP contribution in [0.15, 0.2) is 4.52 Å². The summed E-state index contributed by atoms with van der Waals surface area (Å²) in [6.45, 7) is 6.00. The van der Waals surface area contributed by atoms with E-state index in [4.69, 9.17) is 15.0 Å². The van der Waals surface area contributed by atoms with E-state index >= 15 is 0 Å². The molecule has 2 atom stereocenters. The zero-order chi connectivity index (χ0) is 11.4. The SMILES string of the molecule is COC(C)Cc1noc(C(N)C(C)C)n1. The molecule has 5 nitrogen and oxygen atoms in total. The zero-order valence-electron chi connectivity index (χ0n) is 9.73. The Bertz CT molecular complexity index is 299. The molecule has 1 heterocycles. The highest BCUT2D eigenvalue weighted by Gasteiger charge is 2.18. The Hall–Kier alpha value is -0.940. The van der Waals surface area contributed by atoms with Crippen molar-refractivity contribution in [2.24, 2.45) is 11.7 Å². The summed E-state index contributed by atoms with van der Waals surface area (Å²) in [5, 5.41) is 3.86. The molecule has 0 aliphatic carbocycles. The van der Waals surface area contributed by atoms with E-state index in [1.54, 1.807) is 7.11 Å². The molecule has 86 valence electrons. The van der Waals surface area contributed by atoms with Crippen LogP contribution in [-0.4, -0.2) is 23.4 Å². The number of aromatic nitrogens is 2. The van der Waals surface area contributed by atoms with Gasteiger partial charge in [-0.3, -0.25) is 0 Å². The predicted octanol–water partition coefficient (Wildman–Crippen LogP) is 1.30. The Balaban J connectivity index is 2.63. The Kier molecular flexibility index (Phi) is 4.23. The molecule has 0 bridgehead atoms. The summed E-state index contributed by atoms with van der Waals surface area (Å²) >= 11 is 0. The van der Waals surface area contributed by atoms with E-state index in [9.17, 15) is 0 Å². The van der Waals surface area contributed by atoms with Crippen molar-refractivity contribution in [2.45, 2.75) is 39.3 Å². The Morgan fingerprint density at radius 1 is 1.40 bits per heavy atom. The van der Waals surface area contributed by atoms with Crippen LogP contribution >= 0.6 is 0 Å². The van der Waals surface area contributed by atoms with Crippen molar-refractivity contribution < 1.29 is 9.26 Å². The topological polar surface area (TPSA) is 74.2 Å². The van der Waals surface area contributed by atoms with Crippen LogP contribution in [0.25, 0.3) is 0 Å². The van der Waals surface area contributed by atoms with Crippen molar-refractivity contribution in [3.05, 3.63) is 11.7 Å². The lowest BCUT2D eigenvalue weighted by molar-refractivity contribution is 0.116. The highest BCUT2D eigenvalue weighted by Crippen LogP contribution is 2.16. The lowest BCUT2D eigenvalue weighted by Gasteiger charge is -2.09. The van der Waals surface area contributed by atoms with Crippen molar-refractivity contribution in [2.75, 3.05) is 7.11 Å². The van der Waals surface area contributed by atoms with Crippen LogP contribution < -0.4 is 5.73 Å². The Morgan fingerprint density at radius 2 is 2.07 bits per heavy atom. The van der Waals surface area contributed by atoms with Gasteiger partial charge in [-0.1, -0.05) is 19.0 Å². The Labute approximate surface area is 90.0 Å². The van der Waals surface area contributed by atoms with Crippen molar-refractivity contribution in [3.8, 4) is 0 Å². The van der Waals surface area contributed by atoms with Gasteiger partial charge in [0.1, 0.15) is 0 Å². The monoisotopic (exact) mass is 213 g/mol. The van der Waals surface area contributed by atoms with Crippen LogP contribution in [0.4, 0.5) is 0 Å². The van der Waals surface area contributed by atoms with Crippen LogP contribution in [0, 0.1) is 5.92 Å². The van der Waals surface area contributed by atoms with E-state index < -0.39 is 0 Å². The van der Waals surface area contributed by atoms with Crippen LogP contribution in [0.1, 0.15) is 38.5 Å². The third-order valence-electron chi connectivity index (χ3n) is 2.36. The number of methoxy groups -OCH3 is 1. The van der Waals surface area contributed by atoms with E-state index in [1.807, 2.05) is 20.8 Å². The van der Waals surface area contributed by atoms with E-state index in [0.717, 1.165) is 0 Å². The molecule has 15 heavy (non-hydrogen) atoms. The van der Waals surface area contributed by atoms with Crippen LogP contribution in [0.5, 0.6) is 0 Å². The first-order chi connectivity index (χ1) is 7.04. The van der Waals surface area contributed by atoms with Gasteiger partial charge in [0.2, 0.25) is 5.89 Å². The molecule has 1 aromatic heterocycles. The quantitative estimate of drug-likeness (QED) is 0.798. The molecule has 0 saturated heterocycles. The van der Waals surface area contributed by atoms with Gasteiger partial charge in [0.05, 0.1) is 12.1 Å². The molecule has 0 aliphatic heterocycles. The summed E-state index contributed by atoms with van der Waals surface area (Å²) in [7, 11) is 1.66. The average Bonchev–Trinajstić information content (AvgIpc) is 2.64. The fourth-order valence-corrected chi connectivity index (χ4v) is 1.11. The molecule has 0 spiro atoms. The number of nitrogens with two attached hydrogens (primary N) is 1. The summed E-state index contributed by atoms with van der Waals surface area (Å²) in [5.74, 6) is 1.44. The van der Waals surface area contributed by atoms with Gasteiger partial charge >= 0.3 is 0 Å². The summed E-state index contributed by atoms with van der Waals surface area (Å²) < 4.78 is 10.2. The standard InChI is InChI=1S/C10H19N3O2/c1-6(2)9(11)10-12-8(13-15-10)5-7(3)14-4/h6-7,9H,5,11H2,1-4H3. The maximum Gasteiger partial charge on any atom is 0.243 e. The van der Waals surface area contributed by atoms with Crippen molar-refractivity contribution in [3.63, 3.8) is 0 Å². The second-order valence-electron chi connectivity index (χ2n) is 4.07. The summed E-state index contributed by atoms with van der Waals surface area (Å²) in [6, 6.07) is -0.191. The minimum absolute atomic E-state index is 0.0886. The number of nitrogens with zero attached hydrogens (tertiary/aromatic N) is 2. The third kappa shape index (κ3) is 3.28. The first-order valence-electron chi connectivity index (χ1n) is 5.15. The van der Waals surface area contributed by atoms with Gasteiger partial charge in [0.25, 0.3) is 0 Å². The van der Waals surface area contributed by atoms with Gasteiger partial charge in [0, 0.05) is 13.5 Å². The largest absolute Gasteiger partial charge is 0.381 e. The first kappa shape index (κ1) is 12.1. The third-order valence-corrected chi connectivity index (χ3v) is 2.36. The van der Waals surface area contributed by atoms with Gasteiger partial charge in [-0.25, -0.2) is 0 Å². The van der Waals surface area contributed by atoms with Gasteiger partial charge < -0.3 is 15.0 Å². The van der Waals surface area contributed by atoms with E-state index in [1.165, 1.54) is 0 Å². The van der Waals surface area contributed by atoms with Crippen LogP contribution in [-0.2, 0) is 11.2 Å². The number of hydrogen-bond donors (Lipinski definition) is 1. The minimum Gasteiger partial charge on any atom is -0.381 e. The molecule has 2 unspecified atom stereocenters. The molecule has 0 saturated carbocycles. The number of ether oxygens (including phenoxy) is 1. The molecule has 0 aromatic carbocycles. The number of rotatable bonds is 5. The van der Waals surface area contributed by atoms with Gasteiger partial charge in [0.15, 0.2) is 5.82 Å². The molecule has 1 rings (SSSR count). The van der Waals surface area contributed by atoms with Crippen LogP contribution in [0.3, 0.4) is 0 Å². The lowest BCUT2D eigenvalue weighted by atomic mass is 10.1. The molecular formula is C10H19N3O2. The fraction of sp³-hybridized carbons (Fsp3) is 0.800. The van der Waals surface area contributed by atoms with Crippen molar-refractivity contribution in [1.82, 2.24) is 10.1 Å². The van der Waals surface area contributed by atoms with E-state index in [2.05, 4.69) is 10.1 Å². The number of hydrogen-bond acceptors (Lipinski definition) is 5. The fourth-order valence-electron chi connectivity index (χ4n) is 1.11. The van der Waals surface area contributed by atoms with Crippen LogP contribution in [0.2, 0.25) is 0 Å². The average molecular weight is 213 g/mol. The molecule has 0 aliphatic rings. The molecule has 2 N–H and O–H groups in total. The van der Waals surface area contributed by atoms with Crippen molar-refractivity contribution >= 4 is 0 Å². The molecular weight excluding hydrogens is 194 g/mol. The Morgan fingerprint density at radius 3 is 2.60 bits per heavy atom. The highest BCUT2D eigenvalue weighted by molar-refractivity contribution is 4.93. The van der Waals surface area contributed by atoms with E-state index in [0.29, 0.717) is 18.1 Å². The molecule has 0 amide bonds. The van der Waals surface area contributed by atoms with Gasteiger partial charge in [-0.05, 0) is 12.8 Å². The maximum absolute atomic E-state index is 5.89. The summed E-state index contributed by atoms with van der Waals surface area (Å²) in [4.78, 5) is 4.24. The summed E-state index contributed by atoms with van der Waals surface area (Å²) in [6.07, 6.45) is 0.732. The second-order valence-corrected chi connectivity index (χ2v) is 4.07. The predicted molar refractivity (Wildman–Crippen MR) is 56.2 cm³/mol. The molecule has 1 aromatic rings. The maximum atomic E-state index is 5.89. The molecule has 0 radical (unpaired) electrons. The lowest BCUT2D eigenvalue weighted by Crippen LogP contribution is -2.17. The second kappa shape index (κ2) is 5.23. The summed E-state index contributed by atoms with van der Waals surface area (Å²) in [5.41, 5.74) is 5.89. The highest BCUT2D eigenvalue weighted by atomic mass is 16.5. The smallest absolute Gasteiger partial charge is 0.243 e. The van der Waals surface area contributed by atoms with E-state index in [-0.39, 0.29) is 18.1 Å². The van der Waals surface area contributed by atoms with Crippen molar-refractivity contribution in [1.29, 1.82) is 0 Å². The molecule has 5 heteroatoms. The minimum atomic E-state index is -0.191. The normalized spacial score (nSPS) is 15.6. The van der Waals surface area contributed by atoms with Gasteiger partial charge in [-0.15, -0.1) is 0 Å².